The van der Waals surface area contributed by atoms with Crippen LogP contribution in [0.1, 0.15) is 18.9 Å². The van der Waals surface area contributed by atoms with Gasteiger partial charge in [0, 0.05) is 44.3 Å². The van der Waals surface area contributed by atoms with Crippen LogP contribution >= 0.6 is 0 Å². The standard InChI is InChI=1S/C26H32FN3O3/c1-2-11-33-20-6-3-18(4-7-20)15-29-16-21-22(17-29)25(21)26(31)28-19-5-8-24(23(27)14-19)30-9-12-32-13-10-30/h3-8,14,21-22,25H,2,9-13,15-17H2,1H3,(H,28,31). The molecule has 3 fully saturated rings. The third-order valence-corrected chi connectivity index (χ3v) is 6.94. The number of morpholine rings is 1. The lowest BCUT2D eigenvalue weighted by Gasteiger charge is -2.29. The van der Waals surface area contributed by atoms with E-state index in [1.807, 2.05) is 17.0 Å². The van der Waals surface area contributed by atoms with Crippen LogP contribution in [0.15, 0.2) is 42.5 Å². The molecule has 1 amide bonds. The molecule has 0 radical (unpaired) electrons. The smallest absolute Gasteiger partial charge is 0.228 e. The number of nitrogens with one attached hydrogen (secondary N) is 1. The predicted molar refractivity (Wildman–Crippen MR) is 126 cm³/mol. The SMILES string of the molecule is CCCOc1ccc(CN2CC3C(C2)C3C(=O)Nc2ccc(N3CCOCC3)c(F)c2)cc1. The summed E-state index contributed by atoms with van der Waals surface area (Å²) in [6.07, 6.45) is 1.00. The van der Waals surface area contributed by atoms with Gasteiger partial charge in [0.15, 0.2) is 0 Å². The van der Waals surface area contributed by atoms with Gasteiger partial charge in [-0.1, -0.05) is 19.1 Å². The van der Waals surface area contributed by atoms with Crippen molar-refractivity contribution >= 4 is 17.3 Å². The van der Waals surface area contributed by atoms with Crippen molar-refractivity contribution < 1.29 is 18.7 Å². The monoisotopic (exact) mass is 453 g/mol. The number of benzene rings is 2. The first-order valence-electron chi connectivity index (χ1n) is 12.0. The normalized spacial score (nSPS) is 24.4. The van der Waals surface area contributed by atoms with Gasteiger partial charge in [0.05, 0.1) is 25.5 Å². The van der Waals surface area contributed by atoms with E-state index in [1.165, 1.54) is 11.6 Å². The van der Waals surface area contributed by atoms with Crippen molar-refractivity contribution in [3.8, 4) is 5.75 Å². The van der Waals surface area contributed by atoms with E-state index in [2.05, 4.69) is 29.3 Å². The summed E-state index contributed by atoms with van der Waals surface area (Å²) in [4.78, 5) is 17.2. The number of piperidine rings is 1. The van der Waals surface area contributed by atoms with Crippen LogP contribution < -0.4 is 15.0 Å². The molecule has 2 atom stereocenters. The molecule has 1 aliphatic carbocycles. The van der Waals surface area contributed by atoms with Gasteiger partial charge in [-0.15, -0.1) is 0 Å². The Hall–Kier alpha value is -2.64. The van der Waals surface area contributed by atoms with Crippen molar-refractivity contribution in [2.75, 3.05) is 56.2 Å². The molecule has 3 aliphatic rings. The van der Waals surface area contributed by atoms with Crippen LogP contribution in [0.4, 0.5) is 15.8 Å². The minimum atomic E-state index is -0.303. The molecule has 5 rings (SSSR count). The number of rotatable bonds is 8. The molecule has 0 bridgehead atoms. The van der Waals surface area contributed by atoms with Crippen molar-refractivity contribution in [1.29, 1.82) is 0 Å². The second-order valence-corrected chi connectivity index (χ2v) is 9.29. The highest BCUT2D eigenvalue weighted by Crippen LogP contribution is 2.52. The van der Waals surface area contributed by atoms with Gasteiger partial charge in [-0.25, -0.2) is 4.39 Å². The van der Waals surface area contributed by atoms with Gasteiger partial charge in [-0.05, 0) is 54.2 Å². The fourth-order valence-corrected chi connectivity index (χ4v) is 5.17. The Balaban J connectivity index is 1.10. The maximum Gasteiger partial charge on any atom is 0.228 e. The topological polar surface area (TPSA) is 54.0 Å². The Morgan fingerprint density at radius 3 is 2.52 bits per heavy atom. The number of carbonyl (C=O) groups excluding carboxylic acids is 1. The number of carbonyl (C=O) groups is 1. The minimum absolute atomic E-state index is 0.0144. The number of fused-ring (bicyclic) bond motifs is 1. The van der Waals surface area contributed by atoms with E-state index in [4.69, 9.17) is 9.47 Å². The number of hydrogen-bond donors (Lipinski definition) is 1. The first-order chi connectivity index (χ1) is 16.1. The molecule has 6 nitrogen and oxygen atoms in total. The second-order valence-electron chi connectivity index (χ2n) is 9.29. The molecule has 0 aromatic heterocycles. The fourth-order valence-electron chi connectivity index (χ4n) is 5.17. The zero-order valence-corrected chi connectivity index (χ0v) is 19.1. The number of hydrogen-bond acceptors (Lipinski definition) is 5. The maximum absolute atomic E-state index is 14.6. The summed E-state index contributed by atoms with van der Waals surface area (Å²) in [5, 5.41) is 2.94. The lowest BCUT2D eigenvalue weighted by Crippen LogP contribution is -2.36. The highest BCUT2D eigenvalue weighted by Gasteiger charge is 2.59. The number of likely N-dealkylation sites (tertiary alicyclic amines) is 1. The van der Waals surface area contributed by atoms with Crippen molar-refractivity contribution in [2.24, 2.45) is 17.8 Å². The number of amides is 1. The van der Waals surface area contributed by atoms with E-state index < -0.39 is 0 Å². The predicted octanol–water partition coefficient (Wildman–Crippen LogP) is 3.77. The van der Waals surface area contributed by atoms with E-state index in [-0.39, 0.29) is 17.6 Å². The van der Waals surface area contributed by atoms with Crippen LogP contribution in [-0.2, 0) is 16.1 Å². The molecule has 0 spiro atoms. The Bertz CT molecular complexity index is 965. The zero-order chi connectivity index (χ0) is 22.8. The summed E-state index contributed by atoms with van der Waals surface area (Å²) in [6.45, 7) is 8.18. The first-order valence-corrected chi connectivity index (χ1v) is 12.0. The molecular weight excluding hydrogens is 421 g/mol. The van der Waals surface area contributed by atoms with Crippen molar-refractivity contribution in [3.63, 3.8) is 0 Å². The summed E-state index contributed by atoms with van der Waals surface area (Å²) in [6, 6.07) is 13.3. The van der Waals surface area contributed by atoms with E-state index in [9.17, 15) is 9.18 Å². The lowest BCUT2D eigenvalue weighted by atomic mass is 10.1. The Kier molecular flexibility index (Phi) is 6.51. The molecule has 2 heterocycles. The number of nitrogens with zero attached hydrogens (tertiary/aromatic N) is 2. The Labute approximate surface area is 194 Å². The molecule has 1 saturated carbocycles. The molecule has 2 saturated heterocycles. The van der Waals surface area contributed by atoms with Gasteiger partial charge in [-0.3, -0.25) is 9.69 Å². The van der Waals surface area contributed by atoms with Gasteiger partial charge in [0.25, 0.3) is 0 Å². The summed E-state index contributed by atoms with van der Waals surface area (Å²) in [5.41, 5.74) is 2.36. The molecular formula is C26H32FN3O3. The van der Waals surface area contributed by atoms with Gasteiger partial charge >= 0.3 is 0 Å². The fraction of sp³-hybridized carbons (Fsp3) is 0.500. The Morgan fingerprint density at radius 1 is 1.12 bits per heavy atom. The molecule has 33 heavy (non-hydrogen) atoms. The second kappa shape index (κ2) is 9.69. The molecule has 2 unspecified atom stereocenters. The molecule has 2 aromatic carbocycles. The zero-order valence-electron chi connectivity index (χ0n) is 19.1. The van der Waals surface area contributed by atoms with E-state index in [0.29, 0.717) is 49.5 Å². The quantitative estimate of drug-likeness (QED) is 0.660. The highest BCUT2D eigenvalue weighted by molar-refractivity contribution is 5.95. The summed E-state index contributed by atoms with van der Waals surface area (Å²) in [5.74, 6) is 1.46. The number of anilines is 2. The van der Waals surface area contributed by atoms with Gasteiger partial charge in [0.1, 0.15) is 11.6 Å². The van der Waals surface area contributed by atoms with Gasteiger partial charge < -0.3 is 19.7 Å². The third kappa shape index (κ3) is 4.99. The van der Waals surface area contributed by atoms with Crippen LogP contribution in [0.2, 0.25) is 0 Å². The largest absolute Gasteiger partial charge is 0.494 e. The molecule has 1 N–H and O–H groups in total. The summed E-state index contributed by atoms with van der Waals surface area (Å²) < 4.78 is 25.6. The average molecular weight is 454 g/mol. The van der Waals surface area contributed by atoms with E-state index in [1.54, 1.807) is 12.1 Å². The minimum Gasteiger partial charge on any atom is -0.494 e. The third-order valence-electron chi connectivity index (χ3n) is 6.94. The molecule has 176 valence electrons. The summed E-state index contributed by atoms with van der Waals surface area (Å²) >= 11 is 0. The average Bonchev–Trinajstić information content (AvgIpc) is 3.34. The molecule has 7 heteroatoms. The van der Waals surface area contributed by atoms with E-state index in [0.717, 1.165) is 38.4 Å². The van der Waals surface area contributed by atoms with Crippen LogP contribution in [-0.4, -0.2) is 56.8 Å². The lowest BCUT2D eigenvalue weighted by molar-refractivity contribution is -0.118. The van der Waals surface area contributed by atoms with Crippen molar-refractivity contribution in [3.05, 3.63) is 53.8 Å². The maximum atomic E-state index is 14.6. The van der Waals surface area contributed by atoms with Crippen LogP contribution in [0, 0.1) is 23.6 Å². The summed E-state index contributed by atoms with van der Waals surface area (Å²) in [7, 11) is 0. The van der Waals surface area contributed by atoms with Crippen molar-refractivity contribution in [1.82, 2.24) is 4.90 Å². The number of halogens is 1. The first kappa shape index (κ1) is 22.2. The van der Waals surface area contributed by atoms with Gasteiger partial charge in [-0.2, -0.15) is 0 Å². The van der Waals surface area contributed by atoms with Crippen LogP contribution in [0.5, 0.6) is 5.75 Å². The highest BCUT2D eigenvalue weighted by atomic mass is 19.1. The number of ether oxygens (including phenoxy) is 2. The van der Waals surface area contributed by atoms with Crippen LogP contribution in [0.3, 0.4) is 0 Å². The van der Waals surface area contributed by atoms with Crippen molar-refractivity contribution in [2.45, 2.75) is 19.9 Å². The molecule has 2 aromatic rings. The van der Waals surface area contributed by atoms with Crippen LogP contribution in [0.25, 0.3) is 0 Å². The Morgan fingerprint density at radius 2 is 1.85 bits per heavy atom. The molecule has 2 aliphatic heterocycles. The van der Waals surface area contributed by atoms with E-state index >= 15 is 0 Å². The van der Waals surface area contributed by atoms with Gasteiger partial charge in [0.2, 0.25) is 5.91 Å².